The molecule has 44 heavy (non-hydrogen) atoms. The van der Waals surface area contributed by atoms with Crippen LogP contribution in [0.3, 0.4) is 0 Å². The molecular weight excluding hydrogens is 599 g/mol. The van der Waals surface area contributed by atoms with Gasteiger partial charge < -0.3 is 10.1 Å². The van der Waals surface area contributed by atoms with Crippen LogP contribution in [-0.2, 0) is 24.8 Å². The summed E-state index contributed by atoms with van der Waals surface area (Å²) in [5.41, 5.74) is 1.98. The monoisotopic (exact) mass is 627 g/mol. The predicted octanol–water partition coefficient (Wildman–Crippen LogP) is 6.42. The third kappa shape index (κ3) is 7.44. The number of sulfonamides is 2. The first-order chi connectivity index (χ1) is 21.1. The third-order valence-electron chi connectivity index (χ3n) is 6.47. The first-order valence-corrected chi connectivity index (χ1v) is 16.4. The van der Waals surface area contributed by atoms with Crippen LogP contribution in [0.5, 0.6) is 11.5 Å². The smallest absolute Gasteiger partial charge is 0.264 e. The van der Waals surface area contributed by atoms with Crippen LogP contribution in [0.15, 0.2) is 143 Å². The van der Waals surface area contributed by atoms with Crippen LogP contribution >= 0.6 is 0 Å². The van der Waals surface area contributed by atoms with E-state index >= 15 is 0 Å². The average Bonchev–Trinajstić information content (AvgIpc) is 3.02. The Kier molecular flexibility index (Phi) is 8.98. The number of hydrogen-bond acceptors (Lipinski definition) is 6. The lowest BCUT2D eigenvalue weighted by atomic mass is 10.2. The van der Waals surface area contributed by atoms with Crippen molar-refractivity contribution in [3.63, 3.8) is 0 Å². The third-order valence-corrected chi connectivity index (χ3v) is 9.66. The van der Waals surface area contributed by atoms with E-state index in [-0.39, 0.29) is 15.5 Å². The summed E-state index contributed by atoms with van der Waals surface area (Å²) >= 11 is 0. The number of hydrogen-bond donors (Lipinski definition) is 2. The van der Waals surface area contributed by atoms with Gasteiger partial charge in [-0.3, -0.25) is 13.8 Å². The topological polar surface area (TPSA) is 122 Å². The van der Waals surface area contributed by atoms with Gasteiger partial charge in [0.1, 0.15) is 18.0 Å². The number of amides is 1. The van der Waals surface area contributed by atoms with Crippen molar-refractivity contribution in [1.82, 2.24) is 0 Å². The number of aryl methyl sites for hydroxylation is 1. The summed E-state index contributed by atoms with van der Waals surface area (Å²) in [4.78, 5) is 13.2. The molecule has 0 heterocycles. The number of anilines is 3. The van der Waals surface area contributed by atoms with Gasteiger partial charge in [0.2, 0.25) is 5.91 Å². The van der Waals surface area contributed by atoms with Gasteiger partial charge in [0.15, 0.2) is 0 Å². The fourth-order valence-electron chi connectivity index (χ4n) is 4.22. The Morgan fingerprint density at radius 1 is 0.636 bits per heavy atom. The van der Waals surface area contributed by atoms with E-state index in [0.29, 0.717) is 22.9 Å². The molecule has 0 saturated carbocycles. The maximum Gasteiger partial charge on any atom is 0.264 e. The Labute approximate surface area is 256 Å². The summed E-state index contributed by atoms with van der Waals surface area (Å²) in [5, 5.41) is 2.66. The van der Waals surface area contributed by atoms with E-state index in [0.717, 1.165) is 9.87 Å². The van der Waals surface area contributed by atoms with E-state index in [9.17, 15) is 21.6 Å². The highest BCUT2D eigenvalue weighted by Gasteiger charge is 2.27. The minimum Gasteiger partial charge on any atom is -0.457 e. The second-order valence-electron chi connectivity index (χ2n) is 9.78. The van der Waals surface area contributed by atoms with Gasteiger partial charge >= 0.3 is 0 Å². The Bertz CT molecular complexity index is 1930. The van der Waals surface area contributed by atoms with Crippen LogP contribution in [0.1, 0.15) is 5.56 Å². The molecule has 0 unspecified atom stereocenters. The van der Waals surface area contributed by atoms with Crippen LogP contribution in [0.25, 0.3) is 0 Å². The standard InChI is InChI=1S/C33H29N3O6S2/c1-25-12-14-27(15-13-25)35-43(38,39)31-22-16-26(17-23-31)34-33(37)24-36(44(40,41)32-10-6-3-7-11-32)28-18-20-30(21-19-28)42-29-8-4-2-5-9-29/h2-23,35H,24H2,1H3,(H,34,37). The van der Waals surface area contributed by atoms with Crippen molar-refractivity contribution in [2.45, 2.75) is 16.7 Å². The van der Waals surface area contributed by atoms with Crippen molar-refractivity contribution in [3.8, 4) is 11.5 Å². The molecular formula is C33H29N3O6S2. The SMILES string of the molecule is Cc1ccc(NS(=O)(=O)c2ccc(NC(=O)CN(c3ccc(Oc4ccccc4)cc3)S(=O)(=O)c3ccccc3)cc2)cc1. The number of benzene rings is 5. The largest absolute Gasteiger partial charge is 0.457 e. The van der Waals surface area contributed by atoms with Crippen molar-refractivity contribution in [2.24, 2.45) is 0 Å². The quantitative estimate of drug-likeness (QED) is 0.174. The first-order valence-electron chi connectivity index (χ1n) is 13.5. The molecule has 5 aromatic carbocycles. The minimum absolute atomic E-state index is 0.00201. The highest BCUT2D eigenvalue weighted by atomic mass is 32.2. The number of carbonyl (C=O) groups is 1. The van der Waals surface area contributed by atoms with E-state index in [1.54, 1.807) is 78.9 Å². The Morgan fingerprint density at radius 3 is 1.80 bits per heavy atom. The van der Waals surface area contributed by atoms with Crippen LogP contribution in [0.2, 0.25) is 0 Å². The molecule has 0 fully saturated rings. The number of nitrogens with zero attached hydrogens (tertiary/aromatic N) is 1. The van der Waals surface area contributed by atoms with Crippen molar-refractivity contribution in [3.05, 3.63) is 139 Å². The molecule has 0 saturated heterocycles. The lowest BCUT2D eigenvalue weighted by Gasteiger charge is -2.24. The van der Waals surface area contributed by atoms with E-state index in [1.807, 2.05) is 25.1 Å². The first kappa shape index (κ1) is 30.3. The van der Waals surface area contributed by atoms with E-state index in [2.05, 4.69) is 10.0 Å². The molecule has 2 N–H and O–H groups in total. The van der Waals surface area contributed by atoms with Crippen LogP contribution in [-0.4, -0.2) is 29.3 Å². The summed E-state index contributed by atoms with van der Waals surface area (Å²) in [6.45, 7) is 1.37. The Morgan fingerprint density at radius 2 is 1.18 bits per heavy atom. The molecule has 0 aliphatic rings. The van der Waals surface area contributed by atoms with Gasteiger partial charge in [-0.2, -0.15) is 0 Å². The molecule has 0 spiro atoms. The summed E-state index contributed by atoms with van der Waals surface area (Å²) in [7, 11) is -7.99. The number of para-hydroxylation sites is 1. The van der Waals surface area contributed by atoms with Gasteiger partial charge in [0, 0.05) is 11.4 Å². The highest BCUT2D eigenvalue weighted by molar-refractivity contribution is 7.93. The molecule has 0 atom stereocenters. The highest BCUT2D eigenvalue weighted by Crippen LogP contribution is 2.28. The van der Waals surface area contributed by atoms with E-state index in [1.165, 1.54) is 36.4 Å². The second-order valence-corrected chi connectivity index (χ2v) is 13.3. The number of ether oxygens (including phenoxy) is 1. The van der Waals surface area contributed by atoms with Crippen molar-refractivity contribution in [2.75, 3.05) is 20.9 Å². The maximum absolute atomic E-state index is 13.7. The number of nitrogens with one attached hydrogen (secondary N) is 2. The molecule has 11 heteroatoms. The molecule has 5 rings (SSSR count). The van der Waals surface area contributed by atoms with Gasteiger partial charge in [-0.1, -0.05) is 54.1 Å². The molecule has 0 bridgehead atoms. The number of rotatable bonds is 11. The lowest BCUT2D eigenvalue weighted by Crippen LogP contribution is -2.38. The van der Waals surface area contributed by atoms with Crippen LogP contribution in [0, 0.1) is 6.92 Å². The van der Waals surface area contributed by atoms with Gasteiger partial charge in [0.25, 0.3) is 20.0 Å². The van der Waals surface area contributed by atoms with Crippen molar-refractivity contribution >= 4 is 43.0 Å². The van der Waals surface area contributed by atoms with Crippen LogP contribution < -0.4 is 19.1 Å². The van der Waals surface area contributed by atoms with Crippen LogP contribution in [0.4, 0.5) is 17.1 Å². The fourth-order valence-corrected chi connectivity index (χ4v) is 6.72. The summed E-state index contributed by atoms with van der Waals surface area (Å²) in [6.07, 6.45) is 0. The number of carbonyl (C=O) groups excluding carboxylic acids is 1. The van der Waals surface area contributed by atoms with Gasteiger partial charge in [-0.25, -0.2) is 16.8 Å². The van der Waals surface area contributed by atoms with E-state index in [4.69, 9.17) is 4.74 Å². The van der Waals surface area contributed by atoms with Gasteiger partial charge in [0.05, 0.1) is 15.5 Å². The van der Waals surface area contributed by atoms with Gasteiger partial charge in [-0.15, -0.1) is 0 Å². The average molecular weight is 628 g/mol. The molecule has 1 amide bonds. The molecule has 9 nitrogen and oxygen atoms in total. The summed E-state index contributed by atoms with van der Waals surface area (Å²) in [6, 6.07) is 35.8. The molecule has 224 valence electrons. The van der Waals surface area contributed by atoms with Gasteiger partial charge in [-0.05, 0) is 91.9 Å². The molecule has 5 aromatic rings. The zero-order valence-corrected chi connectivity index (χ0v) is 25.3. The zero-order chi connectivity index (χ0) is 31.2. The maximum atomic E-state index is 13.7. The molecule has 0 aliphatic carbocycles. The fraction of sp³-hybridized carbons (Fsp3) is 0.0606. The summed E-state index contributed by atoms with van der Waals surface area (Å²) in [5.74, 6) is 0.494. The van der Waals surface area contributed by atoms with Crippen molar-refractivity contribution in [1.29, 1.82) is 0 Å². The zero-order valence-electron chi connectivity index (χ0n) is 23.6. The van der Waals surface area contributed by atoms with E-state index < -0.39 is 32.5 Å². The minimum atomic E-state index is -4.13. The predicted molar refractivity (Wildman–Crippen MR) is 171 cm³/mol. The molecule has 0 radical (unpaired) electrons. The Hall–Kier alpha value is -5.13. The Balaban J connectivity index is 1.33. The lowest BCUT2D eigenvalue weighted by molar-refractivity contribution is -0.114. The summed E-state index contributed by atoms with van der Waals surface area (Å²) < 4.78 is 62.3. The van der Waals surface area contributed by atoms with Crippen molar-refractivity contribution < 1.29 is 26.4 Å². The normalized spacial score (nSPS) is 11.4. The molecule has 0 aliphatic heterocycles. The second kappa shape index (κ2) is 13.0. The molecule has 0 aromatic heterocycles.